The average molecular weight is 414 g/mol. The van der Waals surface area contributed by atoms with Gasteiger partial charge in [-0.15, -0.1) is 0 Å². The van der Waals surface area contributed by atoms with Crippen LogP contribution in [-0.2, 0) is 16.1 Å². The molecule has 3 atom stereocenters. The van der Waals surface area contributed by atoms with E-state index in [1.54, 1.807) is 16.1 Å². The maximum Gasteiger partial charge on any atom is 0.411 e. The Hall–Kier alpha value is -3.80. The number of benzene rings is 2. The normalized spacial score (nSPS) is 23.3. The highest BCUT2D eigenvalue weighted by atomic mass is 16.6. The van der Waals surface area contributed by atoms with Gasteiger partial charge in [0.1, 0.15) is 18.4 Å². The molecule has 0 spiro atoms. The van der Waals surface area contributed by atoms with Crippen molar-refractivity contribution in [3.05, 3.63) is 102 Å². The highest BCUT2D eigenvalue weighted by Gasteiger charge is 2.55. The van der Waals surface area contributed by atoms with Gasteiger partial charge in [0.25, 0.3) is 0 Å². The average Bonchev–Trinajstić information content (AvgIpc) is 3.46. The molecule has 0 aliphatic carbocycles. The number of hydrogen-bond acceptors (Lipinski definition) is 4. The molecule has 5 rings (SSSR count). The predicted molar refractivity (Wildman–Crippen MR) is 115 cm³/mol. The van der Waals surface area contributed by atoms with Crippen molar-refractivity contribution in [2.45, 2.75) is 24.7 Å². The summed E-state index contributed by atoms with van der Waals surface area (Å²) in [7, 11) is 0. The Balaban J connectivity index is 1.45. The van der Waals surface area contributed by atoms with Crippen LogP contribution in [0.5, 0.6) is 0 Å². The Morgan fingerprint density at radius 3 is 2.39 bits per heavy atom. The molecule has 2 aliphatic heterocycles. The first-order chi connectivity index (χ1) is 15.2. The van der Waals surface area contributed by atoms with Gasteiger partial charge in [0.15, 0.2) is 0 Å². The minimum Gasteiger partial charge on any atom is -0.465 e. The smallest absolute Gasteiger partial charge is 0.411 e. The van der Waals surface area contributed by atoms with Crippen LogP contribution in [0.2, 0.25) is 0 Å². The fourth-order valence-electron chi connectivity index (χ4n) is 4.26. The van der Waals surface area contributed by atoms with E-state index in [4.69, 9.17) is 9.15 Å². The second kappa shape index (κ2) is 8.14. The van der Waals surface area contributed by atoms with E-state index in [0.717, 1.165) is 11.1 Å². The standard InChI is InChI=1S/C25H22N2O4/c28-24-23(27-22(17-31-25(27)29)19-10-5-2-6-11-19)21(14-13-20-12-7-15-30-20)26(24)16-18-8-3-1-4-9-18/h1-15,21-23H,16-17H2/t21-,22-,23+/m1/s1. The summed E-state index contributed by atoms with van der Waals surface area (Å²) in [4.78, 5) is 29.3. The summed E-state index contributed by atoms with van der Waals surface area (Å²) >= 11 is 0. The Morgan fingerprint density at radius 1 is 0.935 bits per heavy atom. The van der Waals surface area contributed by atoms with Gasteiger partial charge in [0.2, 0.25) is 5.91 Å². The number of carbonyl (C=O) groups excluding carboxylic acids is 2. The number of amides is 2. The molecule has 2 aromatic carbocycles. The molecule has 31 heavy (non-hydrogen) atoms. The zero-order chi connectivity index (χ0) is 21.2. The number of cyclic esters (lactones) is 1. The van der Waals surface area contributed by atoms with E-state index in [-0.39, 0.29) is 24.6 Å². The third kappa shape index (κ3) is 3.61. The third-order valence-corrected chi connectivity index (χ3v) is 5.81. The molecule has 156 valence electrons. The molecule has 2 aliphatic rings. The van der Waals surface area contributed by atoms with E-state index in [2.05, 4.69) is 0 Å². The summed E-state index contributed by atoms with van der Waals surface area (Å²) in [6.45, 7) is 0.710. The quantitative estimate of drug-likeness (QED) is 0.565. The summed E-state index contributed by atoms with van der Waals surface area (Å²) in [5.74, 6) is 0.610. The summed E-state index contributed by atoms with van der Waals surface area (Å²) in [6.07, 6.45) is 4.93. The van der Waals surface area contributed by atoms with Crippen LogP contribution < -0.4 is 0 Å². The van der Waals surface area contributed by atoms with Crippen molar-refractivity contribution in [2.75, 3.05) is 6.61 Å². The van der Waals surface area contributed by atoms with Crippen molar-refractivity contribution in [3.63, 3.8) is 0 Å². The molecule has 0 saturated carbocycles. The van der Waals surface area contributed by atoms with Crippen LogP contribution in [0.1, 0.15) is 22.9 Å². The lowest BCUT2D eigenvalue weighted by molar-refractivity contribution is -0.155. The molecule has 6 heteroatoms. The van der Waals surface area contributed by atoms with E-state index in [0.29, 0.717) is 12.3 Å². The first-order valence-corrected chi connectivity index (χ1v) is 10.3. The topological polar surface area (TPSA) is 63.0 Å². The fraction of sp³-hybridized carbons (Fsp3) is 0.200. The van der Waals surface area contributed by atoms with Gasteiger partial charge in [-0.05, 0) is 29.3 Å². The lowest BCUT2D eigenvalue weighted by atomic mass is 9.90. The maximum atomic E-state index is 13.3. The minimum absolute atomic E-state index is 0.0854. The molecule has 0 radical (unpaired) electrons. The van der Waals surface area contributed by atoms with Crippen LogP contribution in [0.3, 0.4) is 0 Å². The van der Waals surface area contributed by atoms with Gasteiger partial charge < -0.3 is 14.1 Å². The molecule has 0 unspecified atom stereocenters. The van der Waals surface area contributed by atoms with Crippen LogP contribution in [0, 0.1) is 0 Å². The number of likely N-dealkylation sites (tertiary alicyclic amines) is 1. The molecule has 2 saturated heterocycles. The van der Waals surface area contributed by atoms with Gasteiger partial charge in [0.05, 0.1) is 18.3 Å². The molecule has 2 fully saturated rings. The van der Waals surface area contributed by atoms with Gasteiger partial charge in [-0.2, -0.15) is 0 Å². The zero-order valence-corrected chi connectivity index (χ0v) is 16.8. The van der Waals surface area contributed by atoms with Crippen molar-refractivity contribution >= 4 is 18.1 Å². The number of furan rings is 1. The number of nitrogens with zero attached hydrogens (tertiary/aromatic N) is 2. The van der Waals surface area contributed by atoms with E-state index in [9.17, 15) is 9.59 Å². The number of ether oxygens (including phenoxy) is 1. The van der Waals surface area contributed by atoms with Crippen molar-refractivity contribution in [3.8, 4) is 0 Å². The SMILES string of the molecule is O=C1[C@@H](N2C(=O)OC[C@@H]2c2ccccc2)[C@@H](C=Cc2ccco2)N1Cc1ccccc1. The van der Waals surface area contributed by atoms with Crippen LogP contribution in [-0.4, -0.2) is 40.5 Å². The minimum atomic E-state index is -0.616. The van der Waals surface area contributed by atoms with Gasteiger partial charge >= 0.3 is 6.09 Å². The fourth-order valence-corrected chi connectivity index (χ4v) is 4.26. The highest BCUT2D eigenvalue weighted by molar-refractivity contribution is 5.94. The van der Waals surface area contributed by atoms with Gasteiger partial charge in [-0.25, -0.2) is 4.79 Å². The Morgan fingerprint density at radius 2 is 1.68 bits per heavy atom. The van der Waals surface area contributed by atoms with Gasteiger partial charge in [-0.1, -0.05) is 66.7 Å². The Labute approximate surface area is 180 Å². The molecular formula is C25H22N2O4. The molecule has 0 N–H and O–H groups in total. The number of rotatable bonds is 6. The van der Waals surface area contributed by atoms with Crippen molar-refractivity contribution in [2.24, 2.45) is 0 Å². The second-order valence-corrected chi connectivity index (χ2v) is 7.67. The maximum absolute atomic E-state index is 13.3. The molecule has 3 aromatic rings. The van der Waals surface area contributed by atoms with E-state index in [1.165, 1.54) is 0 Å². The predicted octanol–water partition coefficient (Wildman–Crippen LogP) is 4.27. The summed E-state index contributed by atoms with van der Waals surface area (Å²) < 4.78 is 10.8. The molecule has 1 aromatic heterocycles. The monoisotopic (exact) mass is 414 g/mol. The van der Waals surface area contributed by atoms with Gasteiger partial charge in [0, 0.05) is 6.54 Å². The number of carbonyl (C=O) groups is 2. The van der Waals surface area contributed by atoms with Crippen LogP contribution in [0.4, 0.5) is 4.79 Å². The molecular weight excluding hydrogens is 392 g/mol. The van der Waals surface area contributed by atoms with Crippen LogP contribution >= 0.6 is 0 Å². The highest BCUT2D eigenvalue weighted by Crippen LogP contribution is 2.37. The van der Waals surface area contributed by atoms with E-state index in [1.807, 2.05) is 84.9 Å². The Bertz CT molecular complexity index is 1080. The number of β-lactam (4-membered cyclic amide) rings is 1. The van der Waals surface area contributed by atoms with Crippen molar-refractivity contribution in [1.29, 1.82) is 0 Å². The largest absolute Gasteiger partial charge is 0.465 e. The molecule has 0 bridgehead atoms. The molecule has 2 amide bonds. The lowest BCUT2D eigenvalue weighted by Gasteiger charge is -2.49. The van der Waals surface area contributed by atoms with Crippen molar-refractivity contribution < 1.29 is 18.7 Å². The first kappa shape index (κ1) is 19.2. The second-order valence-electron chi connectivity index (χ2n) is 7.67. The third-order valence-electron chi connectivity index (χ3n) is 5.81. The Kier molecular flexibility index (Phi) is 5.04. The molecule has 3 heterocycles. The first-order valence-electron chi connectivity index (χ1n) is 10.3. The summed E-state index contributed by atoms with van der Waals surface area (Å²) in [5.41, 5.74) is 1.99. The van der Waals surface area contributed by atoms with E-state index < -0.39 is 12.1 Å². The van der Waals surface area contributed by atoms with Crippen LogP contribution in [0.25, 0.3) is 6.08 Å². The lowest BCUT2D eigenvalue weighted by Crippen LogP contribution is -2.69. The summed E-state index contributed by atoms with van der Waals surface area (Å²) in [5, 5.41) is 0. The van der Waals surface area contributed by atoms with Gasteiger partial charge in [-0.3, -0.25) is 9.69 Å². The van der Waals surface area contributed by atoms with Crippen molar-refractivity contribution in [1.82, 2.24) is 9.80 Å². The van der Waals surface area contributed by atoms with Crippen LogP contribution in [0.15, 0.2) is 89.6 Å². The summed E-state index contributed by atoms with van der Waals surface area (Å²) in [6, 6.07) is 22.0. The van der Waals surface area contributed by atoms with E-state index >= 15 is 0 Å². The number of hydrogen-bond donors (Lipinski definition) is 0. The molecule has 6 nitrogen and oxygen atoms in total. The zero-order valence-electron chi connectivity index (χ0n) is 16.8.